The molecule has 0 unspecified atom stereocenters. The van der Waals surface area contributed by atoms with Crippen LogP contribution in [-0.2, 0) is 4.79 Å². The van der Waals surface area contributed by atoms with Gasteiger partial charge in [0.15, 0.2) is 12.4 Å². The van der Waals surface area contributed by atoms with Gasteiger partial charge in [-0.1, -0.05) is 30.3 Å². The first kappa shape index (κ1) is 20.7. The molecule has 0 saturated carbocycles. The van der Waals surface area contributed by atoms with Crippen LogP contribution in [0.4, 0.5) is 5.69 Å². The van der Waals surface area contributed by atoms with Gasteiger partial charge < -0.3 is 9.47 Å². The van der Waals surface area contributed by atoms with Gasteiger partial charge in [0.25, 0.3) is 5.69 Å². The maximum Gasteiger partial charge on any atom is 0.349 e. The Morgan fingerprint density at radius 1 is 0.867 bits per heavy atom. The van der Waals surface area contributed by atoms with E-state index in [2.05, 4.69) is 0 Å². The minimum atomic E-state index is -0.627. The van der Waals surface area contributed by atoms with Gasteiger partial charge in [0, 0.05) is 23.3 Å². The molecular weight excluding hydrogens is 386 g/mol. The maximum atomic E-state index is 12.5. The van der Waals surface area contributed by atoms with Crippen molar-refractivity contribution in [1.82, 2.24) is 0 Å². The lowest BCUT2D eigenvalue weighted by molar-refractivity contribution is -0.384. The molecule has 0 heterocycles. The van der Waals surface area contributed by atoms with Gasteiger partial charge in [0.05, 0.1) is 4.92 Å². The molecule has 0 aliphatic carbocycles. The summed E-state index contributed by atoms with van der Waals surface area (Å²) in [5, 5.41) is 10.8. The van der Waals surface area contributed by atoms with Crippen LogP contribution in [-0.4, -0.2) is 23.3 Å². The molecule has 3 aromatic carbocycles. The zero-order valence-electron chi connectivity index (χ0n) is 16.5. The van der Waals surface area contributed by atoms with E-state index in [4.69, 9.17) is 9.47 Å². The number of carbonyl (C=O) groups is 2. The smallest absolute Gasteiger partial charge is 0.349 e. The summed E-state index contributed by atoms with van der Waals surface area (Å²) in [7, 11) is 0. The van der Waals surface area contributed by atoms with E-state index in [0.717, 1.165) is 0 Å². The van der Waals surface area contributed by atoms with Crippen molar-refractivity contribution >= 4 is 17.4 Å². The van der Waals surface area contributed by atoms with Crippen molar-refractivity contribution in [2.75, 3.05) is 6.61 Å². The first-order valence-electron chi connectivity index (χ1n) is 9.14. The highest BCUT2D eigenvalue weighted by Crippen LogP contribution is 2.24. The third-order valence-corrected chi connectivity index (χ3v) is 4.41. The summed E-state index contributed by atoms with van der Waals surface area (Å²) in [4.78, 5) is 34.9. The predicted octanol–water partition coefficient (Wildman–Crippen LogP) is 4.43. The Hall–Kier alpha value is -4.00. The van der Waals surface area contributed by atoms with Gasteiger partial charge in [-0.05, 0) is 49.2 Å². The van der Waals surface area contributed by atoms with Crippen LogP contribution in [0.25, 0.3) is 0 Å². The molecule has 0 radical (unpaired) electrons. The lowest BCUT2D eigenvalue weighted by Gasteiger charge is -2.11. The van der Waals surface area contributed by atoms with Gasteiger partial charge in [-0.2, -0.15) is 0 Å². The van der Waals surface area contributed by atoms with E-state index >= 15 is 0 Å². The zero-order chi connectivity index (χ0) is 21.7. The molecule has 0 aromatic heterocycles. The molecule has 7 heteroatoms. The third-order valence-electron chi connectivity index (χ3n) is 4.41. The average molecular weight is 405 g/mol. The first-order valence-corrected chi connectivity index (χ1v) is 9.14. The van der Waals surface area contributed by atoms with E-state index in [1.165, 1.54) is 18.2 Å². The van der Waals surface area contributed by atoms with Gasteiger partial charge in [-0.3, -0.25) is 14.9 Å². The summed E-state index contributed by atoms with van der Waals surface area (Å²) in [6, 6.07) is 17.9. The molecule has 0 aliphatic rings. The molecule has 3 aromatic rings. The fourth-order valence-corrected chi connectivity index (χ4v) is 2.86. The number of nitro groups is 1. The number of hydrogen-bond acceptors (Lipinski definition) is 6. The van der Waals surface area contributed by atoms with E-state index < -0.39 is 10.9 Å². The van der Waals surface area contributed by atoms with Crippen LogP contribution in [0.2, 0.25) is 0 Å². The number of ether oxygens (including phenoxy) is 2. The van der Waals surface area contributed by atoms with Gasteiger partial charge in [0.2, 0.25) is 0 Å². The molecule has 0 aliphatic heterocycles. The van der Waals surface area contributed by atoms with Crippen LogP contribution in [0, 0.1) is 24.0 Å². The maximum absolute atomic E-state index is 12.5. The minimum Gasteiger partial charge on any atom is -0.482 e. The summed E-state index contributed by atoms with van der Waals surface area (Å²) in [6.45, 7) is 3.04. The number of esters is 1. The standard InChI is InChI=1S/C23H19NO6/c1-15-12-18(23(26)17-6-4-3-5-7-17)8-10-21(15)30-22(25)14-29-20-11-9-19(24(27)28)13-16(20)2/h3-13H,14H2,1-2H3. The highest BCUT2D eigenvalue weighted by molar-refractivity contribution is 6.09. The Morgan fingerprint density at radius 3 is 2.17 bits per heavy atom. The summed E-state index contributed by atoms with van der Waals surface area (Å²) < 4.78 is 10.7. The number of nitrogens with zero attached hydrogens (tertiary/aromatic N) is 1. The topological polar surface area (TPSA) is 95.7 Å². The summed E-state index contributed by atoms with van der Waals surface area (Å²) in [5.41, 5.74) is 2.20. The monoisotopic (exact) mass is 405 g/mol. The van der Waals surface area contributed by atoms with Crippen LogP contribution < -0.4 is 9.47 Å². The van der Waals surface area contributed by atoms with Crippen molar-refractivity contribution < 1.29 is 24.0 Å². The Bertz CT molecular complexity index is 1110. The first-order chi connectivity index (χ1) is 14.3. The van der Waals surface area contributed by atoms with Gasteiger partial charge in [-0.15, -0.1) is 0 Å². The fourth-order valence-electron chi connectivity index (χ4n) is 2.86. The number of non-ortho nitro benzene ring substituents is 1. The molecule has 0 N–H and O–H groups in total. The largest absolute Gasteiger partial charge is 0.482 e. The molecule has 0 saturated heterocycles. The lowest BCUT2D eigenvalue weighted by Crippen LogP contribution is -2.18. The van der Waals surface area contributed by atoms with Gasteiger partial charge in [-0.25, -0.2) is 4.79 Å². The molecule has 0 amide bonds. The molecule has 0 fully saturated rings. The number of benzene rings is 3. The van der Waals surface area contributed by atoms with Crippen molar-refractivity contribution in [3.63, 3.8) is 0 Å². The van der Waals surface area contributed by atoms with Crippen molar-refractivity contribution in [2.45, 2.75) is 13.8 Å². The quantitative estimate of drug-likeness (QED) is 0.190. The van der Waals surface area contributed by atoms with E-state index in [0.29, 0.717) is 33.8 Å². The molecule has 30 heavy (non-hydrogen) atoms. The molecule has 0 spiro atoms. The third kappa shape index (κ3) is 4.88. The van der Waals surface area contributed by atoms with Crippen LogP contribution in [0.1, 0.15) is 27.0 Å². The second-order valence-corrected chi connectivity index (χ2v) is 6.65. The summed E-state index contributed by atoms with van der Waals surface area (Å²) >= 11 is 0. The second-order valence-electron chi connectivity index (χ2n) is 6.65. The number of nitro benzene ring substituents is 1. The van der Waals surface area contributed by atoms with Crippen molar-refractivity contribution in [3.8, 4) is 11.5 Å². The molecule has 7 nitrogen and oxygen atoms in total. The van der Waals surface area contributed by atoms with Crippen LogP contribution in [0.3, 0.4) is 0 Å². The number of ketones is 1. The number of aryl methyl sites for hydroxylation is 2. The van der Waals surface area contributed by atoms with Crippen LogP contribution in [0.5, 0.6) is 11.5 Å². The van der Waals surface area contributed by atoms with Crippen molar-refractivity contribution in [1.29, 1.82) is 0 Å². The Kier molecular flexibility index (Phi) is 6.22. The molecule has 0 atom stereocenters. The highest BCUT2D eigenvalue weighted by atomic mass is 16.6. The Morgan fingerprint density at radius 2 is 1.53 bits per heavy atom. The predicted molar refractivity (Wildman–Crippen MR) is 110 cm³/mol. The van der Waals surface area contributed by atoms with E-state index in [-0.39, 0.29) is 18.1 Å². The fraction of sp³-hybridized carbons (Fsp3) is 0.130. The van der Waals surface area contributed by atoms with Crippen molar-refractivity contribution in [2.24, 2.45) is 0 Å². The average Bonchev–Trinajstić information content (AvgIpc) is 2.74. The second kappa shape index (κ2) is 9.00. The van der Waals surface area contributed by atoms with E-state index in [1.807, 2.05) is 6.07 Å². The van der Waals surface area contributed by atoms with Gasteiger partial charge in [0.1, 0.15) is 11.5 Å². The molecule has 152 valence electrons. The van der Waals surface area contributed by atoms with Crippen molar-refractivity contribution in [3.05, 3.63) is 99.1 Å². The van der Waals surface area contributed by atoms with Crippen LogP contribution >= 0.6 is 0 Å². The normalized spacial score (nSPS) is 10.3. The Labute approximate surface area is 173 Å². The number of carbonyl (C=O) groups excluding carboxylic acids is 2. The molecular formula is C23H19NO6. The van der Waals surface area contributed by atoms with Gasteiger partial charge >= 0.3 is 5.97 Å². The zero-order valence-corrected chi connectivity index (χ0v) is 16.5. The van der Waals surface area contributed by atoms with E-state index in [1.54, 1.807) is 56.3 Å². The lowest BCUT2D eigenvalue weighted by atomic mass is 10.0. The minimum absolute atomic E-state index is 0.0526. The SMILES string of the molecule is Cc1cc([N+](=O)[O-])ccc1OCC(=O)Oc1ccc(C(=O)c2ccccc2)cc1C. The highest BCUT2D eigenvalue weighted by Gasteiger charge is 2.14. The van der Waals surface area contributed by atoms with Crippen LogP contribution in [0.15, 0.2) is 66.7 Å². The Balaban J connectivity index is 1.63. The number of rotatable bonds is 7. The molecule has 3 rings (SSSR count). The van der Waals surface area contributed by atoms with E-state index in [9.17, 15) is 19.7 Å². The molecule has 0 bridgehead atoms. The summed E-state index contributed by atoms with van der Waals surface area (Å²) in [5.74, 6) is -0.0572. The number of hydrogen-bond donors (Lipinski definition) is 0. The summed E-state index contributed by atoms with van der Waals surface area (Å²) in [6.07, 6.45) is 0.